The predicted octanol–water partition coefficient (Wildman–Crippen LogP) is 1.95. The number of H-pyrrole nitrogens is 1. The fraction of sp³-hybridized carbons (Fsp3) is 0.231. The average molecular weight is 297 g/mol. The number of guanidine groups is 1. The maximum absolute atomic E-state index is 12.0. The Bertz CT molecular complexity index is 638. The van der Waals surface area contributed by atoms with Crippen molar-refractivity contribution in [2.24, 2.45) is 5.73 Å². The van der Waals surface area contributed by atoms with E-state index in [2.05, 4.69) is 4.98 Å². The van der Waals surface area contributed by atoms with Gasteiger partial charge >= 0.3 is 0 Å². The first-order valence-electron chi connectivity index (χ1n) is 5.90. The summed E-state index contributed by atoms with van der Waals surface area (Å²) in [6.07, 6.45) is 0. The minimum Gasteiger partial charge on any atom is -0.494 e. The van der Waals surface area contributed by atoms with Gasteiger partial charge in [-0.2, -0.15) is 0 Å². The van der Waals surface area contributed by atoms with Gasteiger partial charge in [0, 0.05) is 18.0 Å². The number of nitrogens with two attached hydrogens (primary N) is 1. The van der Waals surface area contributed by atoms with Crippen molar-refractivity contribution in [3.63, 3.8) is 0 Å². The molecular formula is C13H17ClN4O2. The van der Waals surface area contributed by atoms with Crippen LogP contribution in [0.25, 0.3) is 10.9 Å². The highest BCUT2D eigenvalue weighted by Gasteiger charge is 2.16. The van der Waals surface area contributed by atoms with Crippen LogP contribution in [0.3, 0.4) is 0 Å². The predicted molar refractivity (Wildman–Crippen MR) is 80.7 cm³/mol. The van der Waals surface area contributed by atoms with Crippen LogP contribution in [-0.4, -0.2) is 35.4 Å². The zero-order valence-electron chi connectivity index (χ0n) is 11.3. The van der Waals surface area contributed by atoms with Gasteiger partial charge in [-0.15, -0.1) is 12.4 Å². The molecule has 0 aliphatic rings. The van der Waals surface area contributed by atoms with Crippen molar-refractivity contribution >= 4 is 35.2 Å². The van der Waals surface area contributed by atoms with Gasteiger partial charge in [0.05, 0.1) is 6.61 Å². The second-order valence-corrected chi connectivity index (χ2v) is 4.11. The summed E-state index contributed by atoms with van der Waals surface area (Å²) in [5, 5.41) is 8.13. The molecule has 2 aromatic rings. The van der Waals surface area contributed by atoms with E-state index >= 15 is 0 Å². The van der Waals surface area contributed by atoms with Gasteiger partial charge in [0.25, 0.3) is 5.91 Å². The average Bonchev–Trinajstić information content (AvgIpc) is 2.80. The highest BCUT2D eigenvalue weighted by molar-refractivity contribution is 6.05. The Balaban J connectivity index is 0.00000200. The number of amides is 1. The summed E-state index contributed by atoms with van der Waals surface area (Å²) in [5.74, 6) is 0.119. The summed E-state index contributed by atoms with van der Waals surface area (Å²) in [6, 6.07) is 7.27. The molecule has 0 saturated heterocycles. The number of nitrogens with one attached hydrogen (secondary N) is 2. The first-order chi connectivity index (χ1) is 9.02. The second-order valence-electron chi connectivity index (χ2n) is 4.11. The molecule has 0 atom stereocenters. The third kappa shape index (κ3) is 3.03. The molecule has 0 radical (unpaired) electrons. The summed E-state index contributed by atoms with van der Waals surface area (Å²) >= 11 is 0. The van der Waals surface area contributed by atoms with Gasteiger partial charge < -0.3 is 15.5 Å². The molecule has 7 heteroatoms. The van der Waals surface area contributed by atoms with Crippen LogP contribution in [0.15, 0.2) is 24.3 Å². The topological polar surface area (TPSA) is 95.2 Å². The number of rotatable bonds is 3. The van der Waals surface area contributed by atoms with Crippen molar-refractivity contribution in [2.45, 2.75) is 6.92 Å². The van der Waals surface area contributed by atoms with Crippen LogP contribution in [-0.2, 0) is 0 Å². The quantitative estimate of drug-likeness (QED) is 0.597. The van der Waals surface area contributed by atoms with E-state index in [1.165, 1.54) is 7.05 Å². The molecule has 20 heavy (non-hydrogen) atoms. The Morgan fingerprint density at radius 3 is 2.75 bits per heavy atom. The number of carbonyl (C=O) groups excluding carboxylic acids is 1. The SMILES string of the molecule is CCOc1ccc2[nH]c(C(=O)N(C)C(=N)N)cc2c1.Cl. The molecular weight excluding hydrogens is 280 g/mol. The number of benzene rings is 1. The minimum absolute atomic E-state index is 0. The van der Waals surface area contributed by atoms with Crippen LogP contribution >= 0.6 is 12.4 Å². The van der Waals surface area contributed by atoms with Gasteiger partial charge in [-0.25, -0.2) is 0 Å². The Hall–Kier alpha value is -2.21. The largest absolute Gasteiger partial charge is 0.494 e. The van der Waals surface area contributed by atoms with E-state index < -0.39 is 0 Å². The van der Waals surface area contributed by atoms with Crippen LogP contribution < -0.4 is 10.5 Å². The molecule has 6 nitrogen and oxygen atoms in total. The van der Waals surface area contributed by atoms with Crippen molar-refractivity contribution in [3.8, 4) is 5.75 Å². The standard InChI is InChI=1S/C13H16N4O2.ClH/c1-3-19-9-4-5-10-8(6-9)7-11(16-10)12(18)17(2)13(14)15;/h4-7,16H,3H2,1-2H3,(H3,14,15);1H. The Morgan fingerprint density at radius 2 is 2.15 bits per heavy atom. The number of ether oxygens (including phenoxy) is 1. The van der Waals surface area contributed by atoms with Gasteiger partial charge in [0.15, 0.2) is 5.96 Å². The lowest BCUT2D eigenvalue weighted by Crippen LogP contribution is -2.38. The van der Waals surface area contributed by atoms with Gasteiger partial charge in [-0.1, -0.05) is 0 Å². The van der Waals surface area contributed by atoms with E-state index in [0.29, 0.717) is 12.3 Å². The molecule has 1 aromatic heterocycles. The number of nitrogens with zero attached hydrogens (tertiary/aromatic N) is 1. The molecule has 1 amide bonds. The lowest BCUT2D eigenvalue weighted by molar-refractivity contribution is 0.0864. The molecule has 1 aromatic carbocycles. The van der Waals surface area contributed by atoms with Crippen molar-refractivity contribution < 1.29 is 9.53 Å². The summed E-state index contributed by atoms with van der Waals surface area (Å²) < 4.78 is 5.41. The number of carbonyl (C=O) groups is 1. The van der Waals surface area contributed by atoms with E-state index in [-0.39, 0.29) is 24.3 Å². The van der Waals surface area contributed by atoms with Crippen molar-refractivity contribution in [1.29, 1.82) is 5.41 Å². The Kier molecular flexibility index (Phi) is 4.99. The lowest BCUT2D eigenvalue weighted by Gasteiger charge is -2.12. The molecule has 0 aliphatic heterocycles. The molecule has 108 valence electrons. The highest BCUT2D eigenvalue weighted by atomic mass is 35.5. The zero-order chi connectivity index (χ0) is 14.0. The first-order valence-corrected chi connectivity index (χ1v) is 5.90. The van der Waals surface area contributed by atoms with E-state index in [1.807, 2.05) is 25.1 Å². The van der Waals surface area contributed by atoms with Crippen molar-refractivity contribution in [3.05, 3.63) is 30.0 Å². The van der Waals surface area contributed by atoms with Crippen LogP contribution in [0.2, 0.25) is 0 Å². The zero-order valence-corrected chi connectivity index (χ0v) is 12.1. The highest BCUT2D eigenvalue weighted by Crippen LogP contribution is 2.22. The fourth-order valence-corrected chi connectivity index (χ4v) is 1.77. The molecule has 0 unspecified atom stereocenters. The van der Waals surface area contributed by atoms with Crippen molar-refractivity contribution in [2.75, 3.05) is 13.7 Å². The van der Waals surface area contributed by atoms with E-state index in [1.54, 1.807) is 6.07 Å². The molecule has 0 bridgehead atoms. The molecule has 2 rings (SSSR count). The summed E-state index contributed by atoms with van der Waals surface area (Å²) in [7, 11) is 1.46. The molecule has 0 saturated carbocycles. The van der Waals surface area contributed by atoms with E-state index in [0.717, 1.165) is 21.6 Å². The van der Waals surface area contributed by atoms with Gasteiger partial charge in [-0.05, 0) is 31.2 Å². The number of fused-ring (bicyclic) bond motifs is 1. The normalized spacial score (nSPS) is 9.90. The Morgan fingerprint density at radius 1 is 1.45 bits per heavy atom. The monoisotopic (exact) mass is 296 g/mol. The Labute approximate surface area is 122 Å². The lowest BCUT2D eigenvalue weighted by atomic mass is 10.2. The number of aromatic amines is 1. The summed E-state index contributed by atoms with van der Waals surface area (Å²) in [5.41, 5.74) is 6.51. The smallest absolute Gasteiger partial charge is 0.276 e. The number of halogens is 1. The van der Waals surface area contributed by atoms with Gasteiger partial charge in [0.2, 0.25) is 0 Å². The number of aromatic nitrogens is 1. The van der Waals surface area contributed by atoms with Crippen molar-refractivity contribution in [1.82, 2.24) is 9.88 Å². The third-order valence-corrected chi connectivity index (χ3v) is 2.80. The molecule has 0 fully saturated rings. The first kappa shape index (κ1) is 15.8. The third-order valence-electron chi connectivity index (χ3n) is 2.80. The van der Waals surface area contributed by atoms with Gasteiger partial charge in [-0.3, -0.25) is 15.1 Å². The molecule has 4 N–H and O–H groups in total. The van der Waals surface area contributed by atoms with Crippen LogP contribution in [0, 0.1) is 5.41 Å². The molecule has 0 aliphatic carbocycles. The van der Waals surface area contributed by atoms with Crippen LogP contribution in [0.4, 0.5) is 0 Å². The van der Waals surface area contributed by atoms with E-state index in [9.17, 15) is 4.79 Å². The molecule has 0 spiro atoms. The van der Waals surface area contributed by atoms with Gasteiger partial charge in [0.1, 0.15) is 11.4 Å². The van der Waals surface area contributed by atoms with Crippen LogP contribution in [0.5, 0.6) is 5.75 Å². The number of hydrogen-bond acceptors (Lipinski definition) is 3. The maximum Gasteiger partial charge on any atom is 0.276 e. The summed E-state index contributed by atoms with van der Waals surface area (Å²) in [4.78, 5) is 16.1. The van der Waals surface area contributed by atoms with Crippen LogP contribution in [0.1, 0.15) is 17.4 Å². The molecule has 1 heterocycles. The fourth-order valence-electron chi connectivity index (χ4n) is 1.77. The number of hydrogen-bond donors (Lipinski definition) is 3. The summed E-state index contributed by atoms with van der Waals surface area (Å²) in [6.45, 7) is 2.51. The second kappa shape index (κ2) is 6.29. The van der Waals surface area contributed by atoms with E-state index in [4.69, 9.17) is 15.9 Å². The minimum atomic E-state index is -0.346. The maximum atomic E-state index is 12.0.